The number of hydrogen-bond donors (Lipinski definition) is 2. The van der Waals surface area contributed by atoms with E-state index in [9.17, 15) is 14.4 Å². The second-order valence-electron chi connectivity index (χ2n) is 11.8. The van der Waals surface area contributed by atoms with Gasteiger partial charge in [-0.25, -0.2) is 9.59 Å². The quantitative estimate of drug-likeness (QED) is 0.404. The minimum absolute atomic E-state index is 0.00820. The SMILES string of the molecule is CC.CC(C)(C)OC(=O)NCC[N+](C)(CCNC(=O)OC(C)(C)C)CC1=Cc2cccc3cccc(c23)C1=O. The standard InChI is InChI=1S/C29H39N3O5.C2H6/c1-28(2,3)36-26(34)30-14-16-32(7,17-15-31-27(35)37-29(4,5)6)19-22-18-21-12-8-10-20-11-9-13-23(24(20)21)25(22)33;1-2/h8-13,18H,14-17,19H2,1-7H3,(H-,30,31,34,35);1-2H3/p+1. The predicted octanol–water partition coefficient (Wildman–Crippen LogP) is 5.94. The Morgan fingerprint density at radius 3 is 1.79 bits per heavy atom. The zero-order valence-corrected chi connectivity index (χ0v) is 25.1. The Labute approximate surface area is 233 Å². The first kappa shape index (κ1) is 31.8. The molecule has 0 fully saturated rings. The molecule has 0 unspecified atom stereocenters. The Hall–Kier alpha value is -3.39. The Morgan fingerprint density at radius 2 is 1.31 bits per heavy atom. The molecule has 0 bridgehead atoms. The third kappa shape index (κ3) is 9.70. The minimum Gasteiger partial charge on any atom is -0.444 e. The van der Waals surface area contributed by atoms with Gasteiger partial charge in [0, 0.05) is 10.9 Å². The van der Waals surface area contributed by atoms with Crippen molar-refractivity contribution in [3.8, 4) is 0 Å². The molecule has 0 saturated heterocycles. The lowest BCUT2D eigenvalue weighted by atomic mass is 9.87. The van der Waals surface area contributed by atoms with E-state index in [1.54, 1.807) is 0 Å². The molecule has 2 aromatic rings. The van der Waals surface area contributed by atoms with E-state index in [1.165, 1.54) is 0 Å². The predicted molar refractivity (Wildman–Crippen MR) is 157 cm³/mol. The first-order valence-corrected chi connectivity index (χ1v) is 13.7. The molecule has 1 aliphatic rings. The number of alkyl carbamates (subject to hydrolysis) is 2. The first-order valence-electron chi connectivity index (χ1n) is 13.7. The third-order valence-corrected chi connectivity index (χ3v) is 5.99. The van der Waals surface area contributed by atoms with Gasteiger partial charge in [-0.2, -0.15) is 0 Å². The normalized spacial score (nSPS) is 13.2. The van der Waals surface area contributed by atoms with E-state index < -0.39 is 23.4 Å². The van der Waals surface area contributed by atoms with Crippen LogP contribution < -0.4 is 10.6 Å². The Balaban J connectivity index is 0.00000260. The van der Waals surface area contributed by atoms with Crippen LogP contribution >= 0.6 is 0 Å². The molecule has 8 heteroatoms. The van der Waals surface area contributed by atoms with E-state index in [4.69, 9.17) is 9.47 Å². The van der Waals surface area contributed by atoms with Crippen molar-refractivity contribution in [2.45, 2.75) is 66.6 Å². The second kappa shape index (κ2) is 13.1. The fraction of sp³-hybridized carbons (Fsp3) is 0.516. The third-order valence-electron chi connectivity index (χ3n) is 5.99. The summed E-state index contributed by atoms with van der Waals surface area (Å²) in [4.78, 5) is 37.9. The number of ether oxygens (including phenoxy) is 2. The molecule has 2 aromatic carbocycles. The highest BCUT2D eigenvalue weighted by molar-refractivity contribution is 6.22. The number of carbonyl (C=O) groups is 3. The fourth-order valence-corrected chi connectivity index (χ4v) is 4.39. The lowest BCUT2D eigenvalue weighted by Crippen LogP contribution is -2.54. The van der Waals surface area contributed by atoms with Gasteiger partial charge in [-0.1, -0.05) is 50.2 Å². The van der Waals surface area contributed by atoms with Gasteiger partial charge in [0.15, 0.2) is 5.78 Å². The Kier molecular flexibility index (Phi) is 10.7. The smallest absolute Gasteiger partial charge is 0.407 e. The van der Waals surface area contributed by atoms with Gasteiger partial charge < -0.3 is 24.6 Å². The molecule has 1 aliphatic carbocycles. The molecule has 0 spiro atoms. The summed E-state index contributed by atoms with van der Waals surface area (Å²) >= 11 is 0. The topological polar surface area (TPSA) is 93.7 Å². The van der Waals surface area contributed by atoms with E-state index >= 15 is 0 Å². The van der Waals surface area contributed by atoms with Crippen LogP contribution in [0.1, 0.15) is 71.3 Å². The van der Waals surface area contributed by atoms with Gasteiger partial charge in [0.05, 0.1) is 38.8 Å². The van der Waals surface area contributed by atoms with Crippen LogP contribution in [0.2, 0.25) is 0 Å². The van der Waals surface area contributed by atoms with Crippen LogP contribution in [-0.2, 0) is 9.47 Å². The monoisotopic (exact) mass is 540 g/mol. The number of likely N-dealkylation sites (N-methyl/N-ethyl adjacent to an activating group) is 1. The maximum absolute atomic E-state index is 13.5. The van der Waals surface area contributed by atoms with Crippen molar-refractivity contribution in [2.24, 2.45) is 0 Å². The summed E-state index contributed by atoms with van der Waals surface area (Å²) in [5.41, 5.74) is 1.24. The van der Waals surface area contributed by atoms with E-state index in [-0.39, 0.29) is 5.78 Å². The maximum atomic E-state index is 13.5. The molecule has 0 atom stereocenters. The van der Waals surface area contributed by atoms with E-state index in [0.717, 1.165) is 16.3 Å². The van der Waals surface area contributed by atoms with Gasteiger partial charge in [0.1, 0.15) is 17.7 Å². The summed E-state index contributed by atoms with van der Waals surface area (Å²) in [6.45, 7) is 17.1. The van der Waals surface area contributed by atoms with Crippen LogP contribution in [0.25, 0.3) is 16.8 Å². The van der Waals surface area contributed by atoms with Gasteiger partial charge in [-0.3, -0.25) is 4.79 Å². The van der Waals surface area contributed by atoms with Crippen LogP contribution in [0, 0.1) is 0 Å². The van der Waals surface area contributed by atoms with Crippen molar-refractivity contribution in [2.75, 3.05) is 39.8 Å². The molecule has 3 rings (SSSR count). The van der Waals surface area contributed by atoms with Crippen molar-refractivity contribution >= 4 is 34.8 Å². The minimum atomic E-state index is -0.590. The lowest BCUT2D eigenvalue weighted by Gasteiger charge is -2.36. The number of benzene rings is 2. The molecule has 0 saturated carbocycles. The van der Waals surface area contributed by atoms with Gasteiger partial charge in [0.25, 0.3) is 0 Å². The highest BCUT2D eigenvalue weighted by Crippen LogP contribution is 2.32. The van der Waals surface area contributed by atoms with Crippen molar-refractivity contribution in [1.82, 2.24) is 10.6 Å². The maximum Gasteiger partial charge on any atom is 0.407 e. The zero-order valence-electron chi connectivity index (χ0n) is 25.1. The highest BCUT2D eigenvalue weighted by Gasteiger charge is 2.30. The number of amides is 2. The Morgan fingerprint density at radius 1 is 0.821 bits per heavy atom. The van der Waals surface area contributed by atoms with Crippen molar-refractivity contribution in [1.29, 1.82) is 0 Å². The average Bonchev–Trinajstić information content (AvgIpc) is 2.81. The number of carbonyl (C=O) groups excluding carboxylic acids is 3. The zero-order chi connectivity index (χ0) is 29.4. The van der Waals surface area contributed by atoms with Crippen LogP contribution in [0.3, 0.4) is 0 Å². The summed E-state index contributed by atoms with van der Waals surface area (Å²) in [6.07, 6.45) is 0.996. The molecule has 0 aromatic heterocycles. The van der Waals surface area contributed by atoms with Crippen LogP contribution in [0.15, 0.2) is 42.0 Å². The van der Waals surface area contributed by atoms with Crippen LogP contribution in [-0.4, -0.2) is 73.4 Å². The molecule has 0 heterocycles. The summed E-state index contributed by atoms with van der Waals surface area (Å²) in [5, 5.41) is 7.64. The number of ketones is 1. The van der Waals surface area contributed by atoms with Crippen molar-refractivity contribution in [3.05, 3.63) is 53.1 Å². The summed E-state index contributed by atoms with van der Waals surface area (Å²) in [5.74, 6) is 0.00820. The van der Waals surface area contributed by atoms with Crippen molar-refractivity contribution < 1.29 is 28.3 Å². The van der Waals surface area contributed by atoms with Crippen LogP contribution in [0.4, 0.5) is 9.59 Å². The molecule has 0 aliphatic heterocycles. The molecular formula is C31H46N3O5+. The highest BCUT2D eigenvalue weighted by atomic mass is 16.6. The number of nitrogens with zero attached hydrogens (tertiary/aromatic N) is 1. The number of quaternary nitrogens is 1. The molecule has 2 amide bonds. The average molecular weight is 541 g/mol. The van der Waals surface area contributed by atoms with Gasteiger partial charge in [-0.05, 0) is 58.6 Å². The molecule has 2 N–H and O–H groups in total. The number of Topliss-reactive ketones (excluding diaryl/α,β-unsaturated/α-hetero) is 1. The fourth-order valence-electron chi connectivity index (χ4n) is 4.39. The molecule has 39 heavy (non-hydrogen) atoms. The number of nitrogens with one attached hydrogen (secondary N) is 2. The van der Waals surface area contributed by atoms with Crippen LogP contribution in [0.5, 0.6) is 0 Å². The van der Waals surface area contributed by atoms with Crippen molar-refractivity contribution in [3.63, 3.8) is 0 Å². The summed E-state index contributed by atoms with van der Waals surface area (Å²) < 4.78 is 11.1. The van der Waals surface area contributed by atoms with E-state index in [1.807, 2.05) is 105 Å². The van der Waals surface area contributed by atoms with Gasteiger partial charge in [-0.15, -0.1) is 0 Å². The second-order valence-corrected chi connectivity index (χ2v) is 11.8. The molecule has 214 valence electrons. The number of rotatable bonds is 8. The number of hydrogen-bond acceptors (Lipinski definition) is 5. The summed E-state index contributed by atoms with van der Waals surface area (Å²) in [6, 6.07) is 11.8. The molecule has 8 nitrogen and oxygen atoms in total. The molecule has 0 radical (unpaired) electrons. The van der Waals surface area contributed by atoms with Gasteiger partial charge >= 0.3 is 12.2 Å². The van der Waals surface area contributed by atoms with E-state index in [0.29, 0.717) is 48.3 Å². The largest absolute Gasteiger partial charge is 0.444 e. The Bertz CT molecular complexity index is 1170. The molecular weight excluding hydrogens is 494 g/mol. The summed E-state index contributed by atoms with van der Waals surface area (Å²) in [7, 11) is 2.02. The van der Waals surface area contributed by atoms with E-state index in [2.05, 4.69) is 10.6 Å². The first-order chi connectivity index (χ1) is 18.2. The van der Waals surface area contributed by atoms with Gasteiger partial charge in [0.2, 0.25) is 0 Å². The lowest BCUT2D eigenvalue weighted by molar-refractivity contribution is -0.902.